The Morgan fingerprint density at radius 3 is 2.43 bits per heavy atom. The Kier molecular flexibility index (Phi) is 7.19. The van der Waals surface area contributed by atoms with Crippen LogP contribution in [0.1, 0.15) is 23.6 Å². The summed E-state index contributed by atoms with van der Waals surface area (Å²) >= 11 is 12.1. The first-order valence-electron chi connectivity index (χ1n) is 10.8. The second kappa shape index (κ2) is 10.3. The normalized spacial score (nSPS) is 16.7. The number of benzodiazepines with no additional fused rings is 1. The first kappa shape index (κ1) is 24.4. The highest BCUT2D eigenvalue weighted by molar-refractivity contribution is 6.42. The van der Waals surface area contributed by atoms with Crippen LogP contribution in [-0.2, 0) is 9.59 Å². The third kappa shape index (κ3) is 4.92. The lowest BCUT2D eigenvalue weighted by Crippen LogP contribution is -2.48. The topological polar surface area (TPSA) is 94.4 Å². The Morgan fingerprint density at radius 1 is 1.06 bits per heavy atom. The van der Waals surface area contributed by atoms with Crippen LogP contribution in [-0.4, -0.2) is 41.7 Å². The molecule has 1 aliphatic heterocycles. The van der Waals surface area contributed by atoms with Gasteiger partial charge in [-0.05, 0) is 25.1 Å². The SMILES string of the molecule is CC(C(=O)N[C@H]1N=C(c2ccccc2)c2ccccc2N(C)C1=O)C(=NO)c1ccc(Cl)c(Cl)c1. The largest absolute Gasteiger partial charge is 0.411 e. The van der Waals surface area contributed by atoms with Gasteiger partial charge < -0.3 is 15.4 Å². The van der Waals surface area contributed by atoms with Crippen molar-refractivity contribution in [2.45, 2.75) is 13.1 Å². The number of amides is 2. The fraction of sp³-hybridized carbons (Fsp3) is 0.154. The van der Waals surface area contributed by atoms with E-state index in [0.717, 1.165) is 11.1 Å². The van der Waals surface area contributed by atoms with Crippen LogP contribution in [0, 0.1) is 5.92 Å². The number of likely N-dealkylation sites (N-methyl/N-ethyl adjacent to an activating group) is 1. The summed E-state index contributed by atoms with van der Waals surface area (Å²) in [6, 6.07) is 21.5. The number of anilines is 1. The number of rotatable bonds is 5. The lowest BCUT2D eigenvalue weighted by Gasteiger charge is -2.22. The second-order valence-corrected chi connectivity index (χ2v) is 8.82. The Hall–Kier alpha value is -3.68. The highest BCUT2D eigenvalue weighted by Gasteiger charge is 2.33. The lowest BCUT2D eigenvalue weighted by atomic mass is 9.97. The second-order valence-electron chi connectivity index (χ2n) is 8.01. The van der Waals surface area contributed by atoms with E-state index in [0.29, 0.717) is 22.0 Å². The highest BCUT2D eigenvalue weighted by Crippen LogP contribution is 2.28. The van der Waals surface area contributed by atoms with Gasteiger partial charge in [0.15, 0.2) is 0 Å². The van der Waals surface area contributed by atoms with E-state index >= 15 is 0 Å². The van der Waals surface area contributed by atoms with Crippen LogP contribution in [0.25, 0.3) is 0 Å². The van der Waals surface area contributed by atoms with E-state index < -0.39 is 23.9 Å². The number of hydrogen-bond donors (Lipinski definition) is 2. The van der Waals surface area contributed by atoms with Gasteiger partial charge in [0, 0.05) is 23.7 Å². The van der Waals surface area contributed by atoms with Crippen molar-refractivity contribution in [3.63, 3.8) is 0 Å². The van der Waals surface area contributed by atoms with E-state index in [2.05, 4.69) is 15.5 Å². The molecule has 7 nitrogen and oxygen atoms in total. The summed E-state index contributed by atoms with van der Waals surface area (Å²) in [5.41, 5.74) is 3.34. The van der Waals surface area contributed by atoms with Gasteiger partial charge in [-0.25, -0.2) is 4.99 Å². The van der Waals surface area contributed by atoms with Crippen molar-refractivity contribution >= 4 is 52.1 Å². The summed E-state index contributed by atoms with van der Waals surface area (Å²) in [6.45, 7) is 1.56. The molecule has 35 heavy (non-hydrogen) atoms. The number of benzene rings is 3. The molecule has 2 N–H and O–H groups in total. The van der Waals surface area contributed by atoms with Gasteiger partial charge in [0.1, 0.15) is 0 Å². The van der Waals surface area contributed by atoms with Gasteiger partial charge in [0.2, 0.25) is 12.1 Å². The number of carbonyl (C=O) groups is 2. The van der Waals surface area contributed by atoms with E-state index in [-0.39, 0.29) is 10.7 Å². The summed E-state index contributed by atoms with van der Waals surface area (Å²) < 4.78 is 0. The van der Waals surface area contributed by atoms with Crippen molar-refractivity contribution in [2.24, 2.45) is 16.1 Å². The molecule has 3 aromatic carbocycles. The number of nitrogens with zero attached hydrogens (tertiary/aromatic N) is 3. The van der Waals surface area contributed by atoms with Crippen LogP contribution in [0.15, 0.2) is 82.9 Å². The van der Waals surface area contributed by atoms with E-state index in [1.165, 1.54) is 11.0 Å². The molecule has 2 amide bonds. The molecule has 0 bridgehead atoms. The van der Waals surface area contributed by atoms with E-state index in [1.807, 2.05) is 54.6 Å². The third-order valence-corrected chi connectivity index (χ3v) is 6.53. The molecule has 9 heteroatoms. The Morgan fingerprint density at radius 2 is 1.74 bits per heavy atom. The molecule has 4 rings (SSSR count). The molecular formula is C26H22Cl2N4O3. The van der Waals surface area contributed by atoms with Gasteiger partial charge in [-0.2, -0.15) is 0 Å². The summed E-state index contributed by atoms with van der Waals surface area (Å²) in [4.78, 5) is 32.7. The molecule has 0 radical (unpaired) electrons. The molecule has 2 atom stereocenters. The fourth-order valence-corrected chi connectivity index (χ4v) is 4.17. The van der Waals surface area contributed by atoms with Crippen molar-refractivity contribution in [3.8, 4) is 0 Å². The van der Waals surface area contributed by atoms with Crippen LogP contribution in [0.2, 0.25) is 10.0 Å². The molecule has 0 aromatic heterocycles. The number of carbonyl (C=O) groups excluding carboxylic acids is 2. The van der Waals surface area contributed by atoms with Crippen LogP contribution >= 0.6 is 23.2 Å². The minimum atomic E-state index is -1.19. The minimum Gasteiger partial charge on any atom is -0.411 e. The van der Waals surface area contributed by atoms with Gasteiger partial charge in [-0.15, -0.1) is 0 Å². The average molecular weight is 509 g/mol. The smallest absolute Gasteiger partial charge is 0.272 e. The number of oxime groups is 1. The van der Waals surface area contributed by atoms with Gasteiger partial charge in [0.25, 0.3) is 5.91 Å². The van der Waals surface area contributed by atoms with Crippen molar-refractivity contribution in [1.29, 1.82) is 0 Å². The number of aliphatic imine (C=N–C) groups is 1. The number of nitrogens with one attached hydrogen (secondary N) is 1. The predicted octanol–water partition coefficient (Wildman–Crippen LogP) is 4.76. The Labute approximate surface area is 212 Å². The zero-order valence-corrected chi connectivity index (χ0v) is 20.5. The molecule has 178 valence electrons. The molecular weight excluding hydrogens is 487 g/mol. The molecule has 0 fully saturated rings. The first-order chi connectivity index (χ1) is 16.8. The van der Waals surface area contributed by atoms with E-state index in [4.69, 9.17) is 23.2 Å². The van der Waals surface area contributed by atoms with Crippen LogP contribution in [0.5, 0.6) is 0 Å². The van der Waals surface area contributed by atoms with Crippen LogP contribution in [0.4, 0.5) is 5.69 Å². The van der Waals surface area contributed by atoms with Gasteiger partial charge in [-0.3, -0.25) is 9.59 Å². The van der Waals surface area contributed by atoms with E-state index in [1.54, 1.807) is 26.1 Å². The van der Waals surface area contributed by atoms with Crippen molar-refractivity contribution in [2.75, 3.05) is 11.9 Å². The Balaban J connectivity index is 1.69. The standard InChI is InChI=1S/C26H22Cl2N4O3/c1-15(22(31-35)17-12-13-19(27)20(28)14-17)25(33)30-24-26(34)32(2)21-11-7-6-10-18(21)23(29-24)16-8-4-3-5-9-16/h3-15,24,35H,1-2H3,(H,30,33)/t15?,24-/m1/s1. The molecule has 3 aromatic rings. The lowest BCUT2D eigenvalue weighted by molar-refractivity contribution is -0.128. The summed E-state index contributed by atoms with van der Waals surface area (Å²) in [7, 11) is 1.64. The quantitative estimate of drug-likeness (QED) is 0.295. The van der Waals surface area contributed by atoms with E-state index in [9.17, 15) is 14.8 Å². The molecule has 1 aliphatic rings. The maximum Gasteiger partial charge on any atom is 0.272 e. The zero-order valence-electron chi connectivity index (χ0n) is 18.9. The summed E-state index contributed by atoms with van der Waals surface area (Å²) in [6.07, 6.45) is -1.19. The van der Waals surface area contributed by atoms with Crippen molar-refractivity contribution in [3.05, 3.63) is 99.5 Å². The monoisotopic (exact) mass is 508 g/mol. The minimum absolute atomic E-state index is 0.0750. The van der Waals surface area contributed by atoms with Gasteiger partial charge >= 0.3 is 0 Å². The zero-order chi connectivity index (χ0) is 25.1. The number of fused-ring (bicyclic) bond motifs is 1. The molecule has 1 unspecified atom stereocenters. The maximum atomic E-state index is 13.3. The third-order valence-electron chi connectivity index (χ3n) is 5.80. The maximum absolute atomic E-state index is 13.3. The number of halogens is 2. The molecule has 0 saturated carbocycles. The Bertz CT molecular complexity index is 1340. The fourth-order valence-electron chi connectivity index (χ4n) is 3.88. The first-order valence-corrected chi connectivity index (χ1v) is 11.6. The summed E-state index contributed by atoms with van der Waals surface area (Å²) in [5.74, 6) is -1.87. The summed E-state index contributed by atoms with van der Waals surface area (Å²) in [5, 5.41) is 16.3. The van der Waals surface area contributed by atoms with Crippen LogP contribution in [0.3, 0.4) is 0 Å². The number of para-hydroxylation sites is 1. The van der Waals surface area contributed by atoms with Gasteiger partial charge in [0.05, 0.1) is 33.1 Å². The predicted molar refractivity (Wildman–Crippen MR) is 138 cm³/mol. The number of hydrogen-bond acceptors (Lipinski definition) is 5. The molecule has 0 spiro atoms. The van der Waals surface area contributed by atoms with Crippen molar-refractivity contribution < 1.29 is 14.8 Å². The highest BCUT2D eigenvalue weighted by atomic mass is 35.5. The average Bonchev–Trinajstić information content (AvgIpc) is 2.97. The molecule has 0 saturated heterocycles. The van der Waals surface area contributed by atoms with Gasteiger partial charge in [-0.1, -0.05) is 83.0 Å². The van der Waals surface area contributed by atoms with Crippen LogP contribution < -0.4 is 10.2 Å². The van der Waals surface area contributed by atoms with Crippen molar-refractivity contribution in [1.82, 2.24) is 5.32 Å². The molecule has 0 aliphatic carbocycles. The molecule has 1 heterocycles.